The number of nitrogens with zero attached hydrogens (tertiary/aromatic N) is 2. The summed E-state index contributed by atoms with van der Waals surface area (Å²) in [5, 5.41) is 3.84. The molecule has 0 N–H and O–H groups in total. The van der Waals surface area contributed by atoms with Crippen LogP contribution in [0.25, 0.3) is 65.4 Å². The predicted octanol–water partition coefficient (Wildman–Crippen LogP) is 14.9. The highest BCUT2D eigenvalue weighted by Crippen LogP contribution is 2.51. The molecule has 3 heteroatoms. The van der Waals surface area contributed by atoms with Crippen molar-refractivity contribution in [2.45, 2.75) is 38.1 Å². The van der Waals surface area contributed by atoms with Crippen LogP contribution in [0.2, 0.25) is 0 Å². The molecule has 7 aromatic carbocycles. The van der Waals surface area contributed by atoms with Gasteiger partial charge >= 0.3 is 0 Å². The van der Waals surface area contributed by atoms with Crippen LogP contribution >= 0.6 is 11.3 Å². The van der Waals surface area contributed by atoms with Crippen LogP contribution in [0.15, 0.2) is 188 Å². The summed E-state index contributed by atoms with van der Waals surface area (Å²) in [7, 11) is 0. The number of para-hydroxylation sites is 2. The molecule has 0 saturated heterocycles. The molecule has 1 unspecified atom stereocenters. The third-order valence-electron chi connectivity index (χ3n) is 12.5. The van der Waals surface area contributed by atoms with Gasteiger partial charge in [-0.1, -0.05) is 135 Å². The van der Waals surface area contributed by atoms with Gasteiger partial charge in [0.05, 0.1) is 16.6 Å². The van der Waals surface area contributed by atoms with E-state index in [9.17, 15) is 0 Å². The van der Waals surface area contributed by atoms with Crippen molar-refractivity contribution < 1.29 is 0 Å². The summed E-state index contributed by atoms with van der Waals surface area (Å²) in [6, 6.07) is 62.7. The Morgan fingerprint density at radius 1 is 0.561 bits per heavy atom. The number of thiophene rings is 1. The third kappa shape index (κ3) is 5.37. The number of benzene rings is 7. The van der Waals surface area contributed by atoms with E-state index in [4.69, 9.17) is 0 Å². The Kier molecular flexibility index (Phi) is 7.61. The van der Waals surface area contributed by atoms with Crippen molar-refractivity contribution in [1.82, 2.24) is 4.57 Å². The second-order valence-corrected chi connectivity index (χ2v) is 17.5. The van der Waals surface area contributed by atoms with Crippen LogP contribution in [0.1, 0.15) is 43.2 Å². The molecule has 2 nitrogen and oxygen atoms in total. The largest absolute Gasteiger partial charge is 0.332 e. The Morgan fingerprint density at radius 3 is 2.09 bits per heavy atom. The van der Waals surface area contributed by atoms with Crippen LogP contribution in [0, 0.1) is 0 Å². The Balaban J connectivity index is 0.999. The van der Waals surface area contributed by atoms with Gasteiger partial charge in [0, 0.05) is 42.8 Å². The van der Waals surface area contributed by atoms with E-state index in [2.05, 4.69) is 218 Å². The summed E-state index contributed by atoms with van der Waals surface area (Å²) in [4.78, 5) is 3.90. The van der Waals surface area contributed by atoms with Crippen molar-refractivity contribution in [1.29, 1.82) is 0 Å². The first kappa shape index (κ1) is 33.9. The van der Waals surface area contributed by atoms with E-state index in [1.54, 1.807) is 0 Å². The van der Waals surface area contributed by atoms with Crippen LogP contribution in [0.4, 0.5) is 11.4 Å². The molecule has 57 heavy (non-hydrogen) atoms. The lowest BCUT2D eigenvalue weighted by Crippen LogP contribution is -2.42. The maximum Gasteiger partial charge on any atom is 0.0643 e. The van der Waals surface area contributed by atoms with Gasteiger partial charge in [-0.2, -0.15) is 0 Å². The van der Waals surface area contributed by atoms with Gasteiger partial charge in [0.1, 0.15) is 0 Å². The fourth-order valence-electron chi connectivity index (χ4n) is 9.58. The molecule has 0 fully saturated rings. The highest BCUT2D eigenvalue weighted by atomic mass is 32.1. The normalized spacial score (nSPS) is 16.9. The van der Waals surface area contributed by atoms with Crippen molar-refractivity contribution >= 4 is 60.2 Å². The smallest absolute Gasteiger partial charge is 0.0643 e. The van der Waals surface area contributed by atoms with Gasteiger partial charge in [-0.05, 0) is 124 Å². The summed E-state index contributed by atoms with van der Waals surface area (Å²) < 4.78 is 3.71. The quantitative estimate of drug-likeness (QED) is 0.164. The van der Waals surface area contributed by atoms with Crippen LogP contribution in [-0.2, 0) is 5.41 Å². The van der Waals surface area contributed by atoms with Crippen molar-refractivity contribution in [3.05, 3.63) is 204 Å². The maximum absolute atomic E-state index is 2.57. The third-order valence-corrected chi connectivity index (χ3v) is 13.7. The van der Waals surface area contributed by atoms with Gasteiger partial charge in [-0.3, -0.25) is 0 Å². The Bertz CT molecular complexity index is 3050. The topological polar surface area (TPSA) is 8.17 Å². The molecule has 2 aliphatic rings. The number of fused-ring (bicyclic) bond motifs is 7. The molecule has 0 radical (unpaired) electrons. The molecule has 2 heterocycles. The summed E-state index contributed by atoms with van der Waals surface area (Å²) in [6.07, 6.45) is 8.12. The average Bonchev–Trinajstić information content (AvgIpc) is 3.90. The second kappa shape index (κ2) is 12.8. The summed E-state index contributed by atoms with van der Waals surface area (Å²) in [5.74, 6) is 0. The molecule has 274 valence electrons. The highest BCUT2D eigenvalue weighted by Gasteiger charge is 2.38. The summed E-state index contributed by atoms with van der Waals surface area (Å²) >= 11 is 1.88. The van der Waals surface area contributed by atoms with E-state index in [0.29, 0.717) is 0 Å². The standard InChI is InChI=1S/C54H42N2S/c1-53(2)47-18-10-8-16-43(47)44-27-26-42(35-48(44)53)56(54(3)31-29-37(30-32-54)52-34-39-13-7-12-20-51(39)57-52)41-24-21-36(22-25-41)38-23-28-50-46(33-38)45-17-9-11-19-49(45)55(50)40-14-5-4-6-15-40/h4-31,33-35H,32H2,1-3H3. The minimum Gasteiger partial charge on any atom is -0.332 e. The van der Waals surface area contributed by atoms with Gasteiger partial charge in [0.2, 0.25) is 0 Å². The van der Waals surface area contributed by atoms with E-state index in [-0.39, 0.29) is 11.0 Å². The van der Waals surface area contributed by atoms with Crippen molar-refractivity contribution in [2.75, 3.05) is 4.90 Å². The zero-order chi connectivity index (χ0) is 38.3. The Hall–Kier alpha value is -6.42. The molecule has 9 aromatic rings. The van der Waals surface area contributed by atoms with Gasteiger partial charge in [-0.25, -0.2) is 0 Å². The number of anilines is 2. The molecule has 2 aliphatic carbocycles. The van der Waals surface area contributed by atoms with Crippen LogP contribution in [-0.4, -0.2) is 10.1 Å². The van der Waals surface area contributed by atoms with E-state index in [0.717, 1.165) is 6.42 Å². The predicted molar refractivity (Wildman–Crippen MR) is 244 cm³/mol. The first-order chi connectivity index (χ1) is 27.9. The minimum atomic E-state index is -0.288. The first-order valence-electron chi connectivity index (χ1n) is 20.0. The zero-order valence-electron chi connectivity index (χ0n) is 32.4. The van der Waals surface area contributed by atoms with Crippen molar-refractivity contribution in [2.24, 2.45) is 0 Å². The summed E-state index contributed by atoms with van der Waals surface area (Å²) in [5.41, 5.74) is 14.8. The van der Waals surface area contributed by atoms with E-state index >= 15 is 0 Å². The van der Waals surface area contributed by atoms with Crippen molar-refractivity contribution in [3.63, 3.8) is 0 Å². The highest BCUT2D eigenvalue weighted by molar-refractivity contribution is 7.20. The van der Waals surface area contributed by atoms with E-state index < -0.39 is 0 Å². The molecule has 0 spiro atoms. The molecular formula is C54H42N2S. The average molecular weight is 751 g/mol. The monoisotopic (exact) mass is 750 g/mol. The fraction of sp³-hybridized carbons (Fsp3) is 0.111. The van der Waals surface area contributed by atoms with Gasteiger partial charge in [-0.15, -0.1) is 11.3 Å². The SMILES string of the molecule is CC1(C)c2ccccc2-c2ccc(N(c3ccc(-c4ccc5c(c4)c4ccccc4n5-c4ccccc4)cc3)C3(C)C=CC(c4cc5ccccc5s4)=CC3)cc21. The van der Waals surface area contributed by atoms with Crippen LogP contribution in [0.3, 0.4) is 0 Å². The van der Waals surface area contributed by atoms with Gasteiger partial charge in [0.25, 0.3) is 0 Å². The van der Waals surface area contributed by atoms with E-state index in [1.165, 1.54) is 92.8 Å². The van der Waals surface area contributed by atoms with E-state index in [1.807, 2.05) is 11.3 Å². The number of aromatic nitrogens is 1. The van der Waals surface area contributed by atoms with Crippen molar-refractivity contribution in [3.8, 4) is 27.9 Å². The second-order valence-electron chi connectivity index (χ2n) is 16.4. The molecule has 0 bridgehead atoms. The molecular weight excluding hydrogens is 709 g/mol. The molecule has 0 aliphatic heterocycles. The Labute approximate surface area is 338 Å². The lowest BCUT2D eigenvalue weighted by atomic mass is 9.82. The molecule has 1 atom stereocenters. The zero-order valence-corrected chi connectivity index (χ0v) is 33.2. The fourth-order valence-corrected chi connectivity index (χ4v) is 10.7. The molecule has 0 amide bonds. The maximum atomic E-state index is 2.57. The first-order valence-corrected chi connectivity index (χ1v) is 20.8. The molecule has 11 rings (SSSR count). The number of rotatable bonds is 6. The Morgan fingerprint density at radius 2 is 1.26 bits per heavy atom. The molecule has 2 aromatic heterocycles. The lowest BCUT2D eigenvalue weighted by molar-refractivity contribution is 0.570. The van der Waals surface area contributed by atoms with Crippen LogP contribution < -0.4 is 4.90 Å². The number of hydrogen-bond donors (Lipinski definition) is 0. The molecule has 0 saturated carbocycles. The summed E-state index contributed by atoms with van der Waals surface area (Å²) in [6.45, 7) is 7.13. The van der Waals surface area contributed by atoms with Crippen LogP contribution in [0.5, 0.6) is 0 Å². The number of hydrogen-bond acceptors (Lipinski definition) is 2. The lowest BCUT2D eigenvalue weighted by Gasteiger charge is -2.42. The minimum absolute atomic E-state index is 0.0860. The van der Waals surface area contributed by atoms with Gasteiger partial charge < -0.3 is 9.47 Å². The van der Waals surface area contributed by atoms with Gasteiger partial charge in [0.15, 0.2) is 0 Å². The number of allylic oxidation sites excluding steroid dienone is 2.